The van der Waals surface area contributed by atoms with Crippen molar-refractivity contribution in [2.75, 3.05) is 19.8 Å². The summed E-state index contributed by atoms with van der Waals surface area (Å²) in [4.78, 5) is 25.0. The van der Waals surface area contributed by atoms with Gasteiger partial charge < -0.3 is 15.3 Å². The van der Waals surface area contributed by atoms with E-state index < -0.39 is 11.5 Å². The highest BCUT2D eigenvalue weighted by molar-refractivity contribution is 7.99. The molecule has 6 heteroatoms. The van der Waals surface area contributed by atoms with Crippen molar-refractivity contribution >= 4 is 23.8 Å². The van der Waals surface area contributed by atoms with Crippen molar-refractivity contribution in [2.45, 2.75) is 56.2 Å². The lowest BCUT2D eigenvalue weighted by molar-refractivity contribution is -0.140. The Morgan fingerprint density at radius 3 is 2.45 bits per heavy atom. The van der Waals surface area contributed by atoms with Crippen LogP contribution in [-0.4, -0.2) is 52.6 Å². The van der Waals surface area contributed by atoms with Crippen molar-refractivity contribution in [1.29, 1.82) is 0 Å². The maximum atomic E-state index is 12.3. The van der Waals surface area contributed by atoms with Crippen molar-refractivity contribution in [3.8, 4) is 0 Å². The van der Waals surface area contributed by atoms with Crippen molar-refractivity contribution in [2.24, 2.45) is 0 Å². The molecule has 0 bridgehead atoms. The summed E-state index contributed by atoms with van der Waals surface area (Å²) in [5, 5.41) is 12.4. The first-order valence-electron chi connectivity index (χ1n) is 7.17. The molecule has 0 spiro atoms. The van der Waals surface area contributed by atoms with Crippen molar-refractivity contribution in [1.82, 2.24) is 10.2 Å². The number of carbonyl (C=O) groups is 2. The van der Waals surface area contributed by atoms with Crippen LogP contribution in [0.1, 0.15) is 45.4 Å². The summed E-state index contributed by atoms with van der Waals surface area (Å²) in [5.74, 6) is -0.830. The fourth-order valence-corrected chi connectivity index (χ4v) is 3.02. The molecule has 1 rings (SSSR count). The Morgan fingerprint density at radius 1 is 1.35 bits per heavy atom. The van der Waals surface area contributed by atoms with E-state index in [4.69, 9.17) is 5.11 Å². The molecule has 1 unspecified atom stereocenters. The standard InChI is InChI=1S/C14H26N2O3S/c1-11(20-3)10-15-13(19)16(2)14(9-12(17)18)7-5-4-6-8-14/h11H,4-10H2,1-3H3,(H,15,19)(H,17,18). The minimum atomic E-state index is -0.830. The zero-order valence-electron chi connectivity index (χ0n) is 12.6. The van der Waals surface area contributed by atoms with Gasteiger partial charge in [0.2, 0.25) is 0 Å². The Labute approximate surface area is 125 Å². The Morgan fingerprint density at radius 2 is 1.95 bits per heavy atom. The molecule has 0 aromatic heterocycles. The molecule has 0 aromatic rings. The Bertz CT molecular complexity index is 343. The Hall–Kier alpha value is -0.910. The van der Waals surface area contributed by atoms with Gasteiger partial charge in [0.05, 0.1) is 12.0 Å². The van der Waals surface area contributed by atoms with Gasteiger partial charge in [0.15, 0.2) is 0 Å². The predicted molar refractivity (Wildman–Crippen MR) is 82.2 cm³/mol. The highest BCUT2D eigenvalue weighted by atomic mass is 32.2. The van der Waals surface area contributed by atoms with Crippen LogP contribution in [0.3, 0.4) is 0 Å². The van der Waals surface area contributed by atoms with Gasteiger partial charge in [-0.1, -0.05) is 26.2 Å². The van der Waals surface area contributed by atoms with E-state index in [1.807, 2.05) is 6.26 Å². The minimum Gasteiger partial charge on any atom is -0.481 e. The molecule has 1 saturated carbocycles. The summed E-state index contributed by atoms with van der Waals surface area (Å²) < 4.78 is 0. The van der Waals surface area contributed by atoms with E-state index in [0.717, 1.165) is 32.1 Å². The first-order chi connectivity index (χ1) is 9.41. The van der Waals surface area contributed by atoms with Crippen LogP contribution in [0.5, 0.6) is 0 Å². The van der Waals surface area contributed by atoms with Gasteiger partial charge >= 0.3 is 12.0 Å². The number of carbonyl (C=O) groups excluding carboxylic acids is 1. The lowest BCUT2D eigenvalue weighted by Gasteiger charge is -2.43. The SMILES string of the molecule is CSC(C)CNC(=O)N(C)C1(CC(=O)O)CCCCC1. The van der Waals surface area contributed by atoms with Crippen LogP contribution in [-0.2, 0) is 4.79 Å². The van der Waals surface area contributed by atoms with E-state index in [1.165, 1.54) is 0 Å². The highest BCUT2D eigenvalue weighted by Gasteiger charge is 2.40. The van der Waals surface area contributed by atoms with Gasteiger partial charge in [0.1, 0.15) is 0 Å². The van der Waals surface area contributed by atoms with Crippen molar-refractivity contribution in [3.63, 3.8) is 0 Å². The first kappa shape index (κ1) is 17.1. The summed E-state index contributed by atoms with van der Waals surface area (Å²) >= 11 is 1.70. The topological polar surface area (TPSA) is 69.6 Å². The molecule has 0 aromatic carbocycles. The largest absolute Gasteiger partial charge is 0.481 e. The molecule has 1 aliphatic carbocycles. The third-order valence-corrected chi connectivity index (χ3v) is 5.20. The molecule has 0 radical (unpaired) electrons. The normalized spacial score (nSPS) is 19.1. The maximum absolute atomic E-state index is 12.3. The minimum absolute atomic E-state index is 0.0367. The highest BCUT2D eigenvalue weighted by Crippen LogP contribution is 2.35. The number of urea groups is 1. The van der Waals surface area contributed by atoms with Gasteiger partial charge in [-0.15, -0.1) is 0 Å². The second-order valence-corrected chi connectivity index (χ2v) is 6.92. The average Bonchev–Trinajstić information content (AvgIpc) is 2.43. The van der Waals surface area contributed by atoms with Crippen molar-refractivity contribution in [3.05, 3.63) is 0 Å². The maximum Gasteiger partial charge on any atom is 0.317 e. The Balaban J connectivity index is 2.69. The molecular formula is C14H26N2O3S. The third-order valence-electron chi connectivity index (χ3n) is 4.22. The van der Waals surface area contributed by atoms with Crippen LogP contribution in [0.25, 0.3) is 0 Å². The summed E-state index contributed by atoms with van der Waals surface area (Å²) in [6.07, 6.45) is 6.71. The van der Waals surface area contributed by atoms with Gasteiger partial charge in [-0.25, -0.2) is 4.79 Å². The fourth-order valence-electron chi connectivity index (χ4n) is 2.77. The molecule has 1 atom stereocenters. The molecule has 0 saturated heterocycles. The van der Waals surface area contributed by atoms with E-state index in [-0.39, 0.29) is 12.5 Å². The number of amides is 2. The Kier molecular flexibility index (Phi) is 6.65. The van der Waals surface area contributed by atoms with E-state index in [2.05, 4.69) is 12.2 Å². The quantitative estimate of drug-likeness (QED) is 0.791. The molecular weight excluding hydrogens is 276 g/mol. The van der Waals surface area contributed by atoms with E-state index in [9.17, 15) is 9.59 Å². The number of nitrogens with zero attached hydrogens (tertiary/aromatic N) is 1. The van der Waals surface area contributed by atoms with Crippen LogP contribution in [0.4, 0.5) is 4.79 Å². The average molecular weight is 302 g/mol. The van der Waals surface area contributed by atoms with Crippen LogP contribution in [0, 0.1) is 0 Å². The summed E-state index contributed by atoms with van der Waals surface area (Å²) in [6, 6.07) is -0.158. The molecule has 1 fully saturated rings. The number of hydrogen-bond acceptors (Lipinski definition) is 3. The summed E-state index contributed by atoms with van der Waals surface area (Å²) in [5.41, 5.74) is -0.517. The lowest BCUT2D eigenvalue weighted by Crippen LogP contribution is -2.55. The van der Waals surface area contributed by atoms with Gasteiger partial charge in [-0.05, 0) is 19.1 Å². The molecule has 0 aliphatic heterocycles. The summed E-state index contributed by atoms with van der Waals surface area (Å²) in [6.45, 7) is 2.66. The van der Waals surface area contributed by atoms with Gasteiger partial charge in [0, 0.05) is 18.8 Å². The first-order valence-corrected chi connectivity index (χ1v) is 8.46. The molecule has 5 nitrogen and oxygen atoms in total. The predicted octanol–water partition coefficient (Wildman–Crippen LogP) is 2.56. The number of rotatable bonds is 6. The smallest absolute Gasteiger partial charge is 0.317 e. The van der Waals surface area contributed by atoms with Crippen LogP contribution >= 0.6 is 11.8 Å². The van der Waals surface area contributed by atoms with Crippen molar-refractivity contribution < 1.29 is 14.7 Å². The second-order valence-electron chi connectivity index (χ2n) is 5.65. The third kappa shape index (κ3) is 4.58. The number of carboxylic acids is 1. The number of nitrogens with one attached hydrogen (secondary N) is 1. The molecule has 116 valence electrons. The molecule has 1 aliphatic rings. The zero-order valence-corrected chi connectivity index (χ0v) is 13.5. The van der Waals surface area contributed by atoms with Crippen LogP contribution in [0.15, 0.2) is 0 Å². The second kappa shape index (κ2) is 7.76. The zero-order chi connectivity index (χ0) is 15.2. The number of hydrogen-bond donors (Lipinski definition) is 2. The summed E-state index contributed by atoms with van der Waals surface area (Å²) in [7, 11) is 1.73. The molecule has 0 heterocycles. The lowest BCUT2D eigenvalue weighted by atomic mass is 9.78. The molecule has 20 heavy (non-hydrogen) atoms. The van der Waals surface area contributed by atoms with E-state index in [0.29, 0.717) is 11.8 Å². The monoisotopic (exact) mass is 302 g/mol. The van der Waals surface area contributed by atoms with Gasteiger partial charge in [-0.3, -0.25) is 4.79 Å². The molecule has 2 N–H and O–H groups in total. The van der Waals surface area contributed by atoms with Gasteiger partial charge in [0.25, 0.3) is 0 Å². The fraction of sp³-hybridized carbons (Fsp3) is 0.857. The number of carboxylic acid groups (broad SMARTS) is 1. The van der Waals surface area contributed by atoms with Crippen LogP contribution < -0.4 is 5.32 Å². The number of aliphatic carboxylic acids is 1. The van der Waals surface area contributed by atoms with Gasteiger partial charge in [-0.2, -0.15) is 11.8 Å². The molecule has 2 amide bonds. The number of thioether (sulfide) groups is 1. The van der Waals surface area contributed by atoms with E-state index >= 15 is 0 Å². The van der Waals surface area contributed by atoms with E-state index in [1.54, 1.807) is 23.7 Å². The van der Waals surface area contributed by atoms with Crippen LogP contribution in [0.2, 0.25) is 0 Å².